The molecule has 94 valence electrons. The number of nitriles is 1. The van der Waals surface area contributed by atoms with E-state index in [4.69, 9.17) is 10.4 Å². The highest BCUT2D eigenvalue weighted by Gasteiger charge is 2.36. The van der Waals surface area contributed by atoms with Crippen LogP contribution in [-0.2, 0) is 4.79 Å². The van der Waals surface area contributed by atoms with Crippen LogP contribution in [0.25, 0.3) is 0 Å². The molecule has 0 bridgehead atoms. The Labute approximate surface area is 106 Å². The number of aliphatic carboxylic acids is 1. The van der Waals surface area contributed by atoms with Gasteiger partial charge >= 0.3 is 5.97 Å². The van der Waals surface area contributed by atoms with Crippen molar-refractivity contribution in [1.82, 2.24) is 4.98 Å². The Balaban J connectivity index is 2.10. The van der Waals surface area contributed by atoms with Crippen LogP contribution in [0.2, 0.25) is 0 Å². The predicted octanol–water partition coefficient (Wildman–Crippen LogP) is 1.64. The van der Waals surface area contributed by atoms with E-state index in [9.17, 15) is 4.79 Å². The summed E-state index contributed by atoms with van der Waals surface area (Å²) in [6.45, 7) is 3.18. The molecule has 1 saturated heterocycles. The number of carbonyl (C=O) groups is 1. The van der Waals surface area contributed by atoms with Crippen LogP contribution < -0.4 is 4.90 Å². The van der Waals surface area contributed by atoms with Crippen LogP contribution in [-0.4, -0.2) is 29.1 Å². The molecule has 1 aliphatic heterocycles. The molecular weight excluding hydrogens is 230 g/mol. The molecule has 1 fully saturated rings. The van der Waals surface area contributed by atoms with E-state index in [2.05, 4.69) is 9.88 Å². The minimum absolute atomic E-state index is 0.388. The number of piperidine rings is 1. The summed E-state index contributed by atoms with van der Waals surface area (Å²) < 4.78 is 0. The van der Waals surface area contributed by atoms with Gasteiger partial charge in [0.25, 0.3) is 0 Å². The number of carboxylic acid groups (broad SMARTS) is 1. The van der Waals surface area contributed by atoms with E-state index < -0.39 is 11.4 Å². The van der Waals surface area contributed by atoms with Crippen LogP contribution in [0, 0.1) is 16.7 Å². The van der Waals surface area contributed by atoms with E-state index in [1.165, 1.54) is 0 Å². The molecule has 0 aromatic carbocycles. The number of rotatable bonds is 2. The number of aromatic nitrogens is 1. The van der Waals surface area contributed by atoms with E-state index in [1.54, 1.807) is 19.2 Å². The average molecular weight is 245 g/mol. The summed E-state index contributed by atoms with van der Waals surface area (Å²) >= 11 is 0. The fraction of sp³-hybridized carbons (Fsp3) is 0.462. The van der Waals surface area contributed by atoms with Gasteiger partial charge in [0.1, 0.15) is 11.8 Å². The van der Waals surface area contributed by atoms with Gasteiger partial charge in [0.05, 0.1) is 5.41 Å². The molecule has 5 heteroatoms. The summed E-state index contributed by atoms with van der Waals surface area (Å²) in [7, 11) is 0. The fourth-order valence-corrected chi connectivity index (χ4v) is 2.15. The molecule has 1 aliphatic rings. The van der Waals surface area contributed by atoms with E-state index in [0.717, 1.165) is 5.69 Å². The monoisotopic (exact) mass is 245 g/mol. The molecular formula is C13H15N3O2. The minimum Gasteiger partial charge on any atom is -0.481 e. The zero-order valence-electron chi connectivity index (χ0n) is 10.3. The number of hydrogen-bond donors (Lipinski definition) is 1. The zero-order valence-corrected chi connectivity index (χ0v) is 10.3. The van der Waals surface area contributed by atoms with Crippen molar-refractivity contribution in [1.29, 1.82) is 5.26 Å². The Morgan fingerprint density at radius 3 is 2.78 bits per heavy atom. The van der Waals surface area contributed by atoms with Gasteiger partial charge in [0.2, 0.25) is 0 Å². The highest BCUT2D eigenvalue weighted by Crippen LogP contribution is 2.33. The summed E-state index contributed by atoms with van der Waals surface area (Å²) in [5.41, 5.74) is 0.703. The Morgan fingerprint density at radius 1 is 1.56 bits per heavy atom. The largest absolute Gasteiger partial charge is 0.481 e. The van der Waals surface area contributed by atoms with Crippen molar-refractivity contribution in [3.8, 4) is 6.07 Å². The molecule has 0 atom stereocenters. The summed E-state index contributed by atoms with van der Waals surface area (Å²) in [6, 6.07) is 5.60. The van der Waals surface area contributed by atoms with E-state index in [0.29, 0.717) is 31.6 Å². The quantitative estimate of drug-likeness (QED) is 0.857. The Hall–Kier alpha value is -2.09. The molecule has 2 rings (SSSR count). The van der Waals surface area contributed by atoms with Crippen molar-refractivity contribution in [2.45, 2.75) is 19.8 Å². The highest BCUT2D eigenvalue weighted by molar-refractivity contribution is 5.74. The summed E-state index contributed by atoms with van der Waals surface area (Å²) in [4.78, 5) is 17.2. The lowest BCUT2D eigenvalue weighted by atomic mass is 9.80. The van der Waals surface area contributed by atoms with Gasteiger partial charge < -0.3 is 10.0 Å². The molecule has 0 aliphatic carbocycles. The van der Waals surface area contributed by atoms with Gasteiger partial charge in [-0.15, -0.1) is 0 Å². The van der Waals surface area contributed by atoms with Gasteiger partial charge in [-0.25, -0.2) is 4.98 Å². The maximum absolute atomic E-state index is 11.1. The lowest BCUT2D eigenvalue weighted by molar-refractivity contribution is -0.149. The second-order valence-electron chi connectivity index (χ2n) is 4.86. The maximum atomic E-state index is 11.1. The van der Waals surface area contributed by atoms with Crippen LogP contribution in [0.1, 0.15) is 25.5 Å². The molecule has 0 unspecified atom stereocenters. The first kappa shape index (κ1) is 12.4. The molecule has 1 aromatic rings. The lowest BCUT2D eigenvalue weighted by Gasteiger charge is -2.37. The third-order valence-electron chi connectivity index (χ3n) is 3.61. The topological polar surface area (TPSA) is 77.2 Å². The maximum Gasteiger partial charge on any atom is 0.309 e. The normalized spacial score (nSPS) is 18.1. The molecule has 0 radical (unpaired) electrons. The minimum atomic E-state index is -0.727. The van der Waals surface area contributed by atoms with Crippen molar-refractivity contribution in [2.24, 2.45) is 5.41 Å². The van der Waals surface area contributed by atoms with Gasteiger partial charge in [-0.05, 0) is 31.9 Å². The van der Waals surface area contributed by atoms with Gasteiger partial charge in [-0.2, -0.15) is 5.26 Å². The lowest BCUT2D eigenvalue weighted by Crippen LogP contribution is -2.42. The molecule has 18 heavy (non-hydrogen) atoms. The first-order valence-electron chi connectivity index (χ1n) is 5.90. The number of hydrogen-bond acceptors (Lipinski definition) is 4. The molecule has 5 nitrogen and oxygen atoms in total. The molecule has 0 saturated carbocycles. The summed E-state index contributed by atoms with van der Waals surface area (Å²) in [5.74, 6) is -0.727. The Bertz CT molecular complexity index is 499. The fourth-order valence-electron chi connectivity index (χ4n) is 2.15. The van der Waals surface area contributed by atoms with Crippen molar-refractivity contribution >= 4 is 11.7 Å². The number of nitrogens with zero attached hydrogens (tertiary/aromatic N) is 3. The Morgan fingerprint density at radius 2 is 2.22 bits per heavy atom. The van der Waals surface area contributed by atoms with Crippen LogP contribution in [0.5, 0.6) is 0 Å². The van der Waals surface area contributed by atoms with Crippen LogP contribution in [0.15, 0.2) is 18.3 Å². The second kappa shape index (κ2) is 4.65. The molecule has 1 aromatic heterocycles. The smallest absolute Gasteiger partial charge is 0.309 e. The van der Waals surface area contributed by atoms with Crippen molar-refractivity contribution in [3.63, 3.8) is 0 Å². The van der Waals surface area contributed by atoms with Gasteiger partial charge in [0, 0.05) is 25.0 Å². The first-order chi connectivity index (χ1) is 8.55. The summed E-state index contributed by atoms with van der Waals surface area (Å²) in [6.07, 6.45) is 2.85. The van der Waals surface area contributed by atoms with Crippen molar-refractivity contribution in [3.05, 3.63) is 24.0 Å². The Kier molecular flexibility index (Phi) is 3.19. The number of anilines is 1. The van der Waals surface area contributed by atoms with Crippen molar-refractivity contribution < 1.29 is 9.90 Å². The molecule has 2 heterocycles. The number of pyridine rings is 1. The van der Waals surface area contributed by atoms with Gasteiger partial charge in [0.15, 0.2) is 0 Å². The molecule has 0 spiro atoms. The third kappa shape index (κ3) is 2.28. The van der Waals surface area contributed by atoms with E-state index in [1.807, 2.05) is 12.1 Å². The molecule has 0 amide bonds. The van der Waals surface area contributed by atoms with Crippen LogP contribution in [0.4, 0.5) is 5.69 Å². The summed E-state index contributed by atoms with van der Waals surface area (Å²) in [5, 5.41) is 18.0. The van der Waals surface area contributed by atoms with Crippen LogP contribution in [0.3, 0.4) is 0 Å². The first-order valence-corrected chi connectivity index (χ1v) is 5.90. The van der Waals surface area contributed by atoms with Gasteiger partial charge in [-0.1, -0.05) is 0 Å². The van der Waals surface area contributed by atoms with Crippen LogP contribution >= 0.6 is 0 Å². The number of carboxylic acids is 1. The second-order valence-corrected chi connectivity index (χ2v) is 4.86. The third-order valence-corrected chi connectivity index (χ3v) is 3.61. The van der Waals surface area contributed by atoms with E-state index >= 15 is 0 Å². The van der Waals surface area contributed by atoms with E-state index in [-0.39, 0.29) is 0 Å². The van der Waals surface area contributed by atoms with Crippen molar-refractivity contribution in [2.75, 3.05) is 18.0 Å². The van der Waals surface area contributed by atoms with Gasteiger partial charge in [-0.3, -0.25) is 4.79 Å². The standard InChI is InChI=1S/C13H15N3O2/c1-13(12(17)18)3-6-16(7-4-13)11-2-5-15-10(8-11)9-14/h2,5,8H,3-4,6-7H2,1H3,(H,17,18). The zero-order chi connectivity index (χ0) is 13.2. The highest BCUT2D eigenvalue weighted by atomic mass is 16.4. The predicted molar refractivity (Wildman–Crippen MR) is 66.1 cm³/mol. The molecule has 1 N–H and O–H groups in total. The average Bonchev–Trinajstić information content (AvgIpc) is 2.39. The SMILES string of the molecule is CC1(C(=O)O)CCN(c2ccnc(C#N)c2)CC1.